The van der Waals surface area contributed by atoms with Crippen molar-refractivity contribution < 1.29 is 4.79 Å². The number of carbonyl (C=O) groups excluding carboxylic acids is 1. The molecule has 1 atom stereocenters. The third-order valence-electron chi connectivity index (χ3n) is 7.91. The fourth-order valence-corrected chi connectivity index (χ4v) is 5.30. The molecule has 4 aromatic rings. The lowest BCUT2D eigenvalue weighted by atomic mass is 9.92. The summed E-state index contributed by atoms with van der Waals surface area (Å²) in [5.74, 6) is 0.125. The van der Waals surface area contributed by atoms with Crippen LogP contribution in [-0.4, -0.2) is 41.9 Å². The van der Waals surface area contributed by atoms with E-state index in [4.69, 9.17) is 10.1 Å². The second-order valence-electron chi connectivity index (χ2n) is 10.1. The predicted octanol–water partition coefficient (Wildman–Crippen LogP) is 5.56. The Labute approximate surface area is 205 Å². The highest BCUT2D eigenvalue weighted by Crippen LogP contribution is 2.39. The SMILES string of the molecule is CCC(C)n1cc(-c2cc3cccc(-c4nn(C5CCC5)c5c4CN(C(C)=O)CC5)c3cn2)cn1. The van der Waals surface area contributed by atoms with E-state index < -0.39 is 0 Å². The number of nitrogens with zero attached hydrogens (tertiary/aromatic N) is 6. The molecule has 1 aromatic carbocycles. The first-order valence-electron chi connectivity index (χ1n) is 12.8. The second-order valence-corrected chi connectivity index (χ2v) is 10.1. The minimum Gasteiger partial charge on any atom is -0.338 e. The lowest BCUT2D eigenvalue weighted by Crippen LogP contribution is -2.35. The molecule has 0 spiro atoms. The van der Waals surface area contributed by atoms with E-state index in [1.54, 1.807) is 6.92 Å². The highest BCUT2D eigenvalue weighted by molar-refractivity contribution is 5.97. The summed E-state index contributed by atoms with van der Waals surface area (Å²) in [4.78, 5) is 19.0. The lowest BCUT2D eigenvalue weighted by molar-refractivity contribution is -0.129. The van der Waals surface area contributed by atoms with Gasteiger partial charge in [0.05, 0.1) is 23.6 Å². The van der Waals surface area contributed by atoms with Crippen LogP contribution in [0.2, 0.25) is 0 Å². The Morgan fingerprint density at radius 1 is 1.23 bits per heavy atom. The molecule has 3 aromatic heterocycles. The first kappa shape index (κ1) is 22.0. The number of amides is 1. The van der Waals surface area contributed by atoms with Gasteiger partial charge in [0.25, 0.3) is 0 Å². The highest BCUT2D eigenvalue weighted by atomic mass is 16.2. The van der Waals surface area contributed by atoms with E-state index in [0.717, 1.165) is 52.7 Å². The Bertz CT molecular complexity index is 1410. The molecule has 0 saturated heterocycles. The van der Waals surface area contributed by atoms with Gasteiger partial charge in [-0.2, -0.15) is 10.2 Å². The summed E-state index contributed by atoms with van der Waals surface area (Å²) in [6.07, 6.45) is 11.5. The number of pyridine rings is 1. The van der Waals surface area contributed by atoms with E-state index in [9.17, 15) is 4.79 Å². The van der Waals surface area contributed by atoms with Gasteiger partial charge in [-0.25, -0.2) is 0 Å². The minimum atomic E-state index is 0.125. The van der Waals surface area contributed by atoms with Crippen LogP contribution in [-0.2, 0) is 17.8 Å². The smallest absolute Gasteiger partial charge is 0.219 e. The van der Waals surface area contributed by atoms with E-state index in [1.165, 1.54) is 30.5 Å². The topological polar surface area (TPSA) is 68.8 Å². The van der Waals surface area contributed by atoms with Crippen molar-refractivity contribution in [1.29, 1.82) is 0 Å². The van der Waals surface area contributed by atoms with Gasteiger partial charge in [-0.15, -0.1) is 0 Å². The average Bonchev–Trinajstić information content (AvgIpc) is 3.47. The van der Waals surface area contributed by atoms with Gasteiger partial charge in [0.2, 0.25) is 5.91 Å². The molecule has 1 aliphatic heterocycles. The average molecular weight is 469 g/mol. The summed E-state index contributed by atoms with van der Waals surface area (Å²) in [6, 6.07) is 9.38. The van der Waals surface area contributed by atoms with Crippen molar-refractivity contribution in [2.45, 2.75) is 71.5 Å². The second kappa shape index (κ2) is 8.63. The monoisotopic (exact) mass is 468 g/mol. The first-order valence-corrected chi connectivity index (χ1v) is 12.8. The molecular formula is C28H32N6O. The third-order valence-corrected chi connectivity index (χ3v) is 7.91. The van der Waals surface area contributed by atoms with Crippen LogP contribution >= 0.6 is 0 Å². The quantitative estimate of drug-likeness (QED) is 0.384. The highest BCUT2D eigenvalue weighted by Gasteiger charge is 2.31. The molecule has 0 bridgehead atoms. The Kier molecular flexibility index (Phi) is 5.43. The van der Waals surface area contributed by atoms with Gasteiger partial charge in [0.1, 0.15) is 0 Å². The van der Waals surface area contributed by atoms with Gasteiger partial charge >= 0.3 is 0 Å². The van der Waals surface area contributed by atoms with Gasteiger partial charge in [0.15, 0.2) is 0 Å². The van der Waals surface area contributed by atoms with Crippen molar-refractivity contribution >= 4 is 16.7 Å². The number of carbonyl (C=O) groups is 1. The van der Waals surface area contributed by atoms with Gasteiger partial charge in [-0.3, -0.25) is 19.1 Å². The largest absolute Gasteiger partial charge is 0.338 e. The number of fused-ring (bicyclic) bond motifs is 2. The van der Waals surface area contributed by atoms with Gasteiger partial charge in [0, 0.05) is 72.6 Å². The van der Waals surface area contributed by atoms with Gasteiger partial charge in [-0.05, 0) is 44.1 Å². The molecule has 6 rings (SSSR count). The van der Waals surface area contributed by atoms with E-state index in [2.05, 4.69) is 54.1 Å². The van der Waals surface area contributed by atoms with E-state index in [-0.39, 0.29) is 5.91 Å². The minimum absolute atomic E-state index is 0.125. The first-order chi connectivity index (χ1) is 17.0. The standard InChI is InChI=1S/C28H32N6O/c1-4-18(2)33-16-21(14-30-33)26-13-20-7-5-10-23(24(20)15-29-26)28-25-17-32(19(3)35)12-11-27(25)34(31-28)22-8-6-9-22/h5,7,10,13-16,18,22H,4,6,8-9,11-12,17H2,1-3H3. The molecule has 2 aliphatic rings. The number of hydrogen-bond acceptors (Lipinski definition) is 4. The van der Waals surface area contributed by atoms with Crippen LogP contribution in [0.4, 0.5) is 0 Å². The number of aromatic nitrogens is 5. The maximum atomic E-state index is 12.2. The third kappa shape index (κ3) is 3.74. The molecule has 7 nitrogen and oxygen atoms in total. The van der Waals surface area contributed by atoms with Crippen molar-refractivity contribution in [3.8, 4) is 22.5 Å². The predicted molar refractivity (Wildman–Crippen MR) is 137 cm³/mol. The fourth-order valence-electron chi connectivity index (χ4n) is 5.30. The normalized spacial score (nSPS) is 16.8. The number of hydrogen-bond donors (Lipinski definition) is 0. The molecule has 180 valence electrons. The fraction of sp³-hybridized carbons (Fsp3) is 0.429. The zero-order chi connectivity index (χ0) is 24.1. The molecule has 1 saturated carbocycles. The van der Waals surface area contributed by atoms with Crippen LogP contribution in [0.25, 0.3) is 33.3 Å². The Balaban J connectivity index is 1.44. The molecule has 0 radical (unpaired) electrons. The summed E-state index contributed by atoms with van der Waals surface area (Å²) in [5.41, 5.74) is 6.56. The molecule has 35 heavy (non-hydrogen) atoms. The van der Waals surface area contributed by atoms with Crippen molar-refractivity contribution in [3.05, 3.63) is 54.1 Å². The van der Waals surface area contributed by atoms with Crippen LogP contribution in [0, 0.1) is 0 Å². The molecule has 4 heterocycles. The molecule has 1 amide bonds. The van der Waals surface area contributed by atoms with Crippen molar-refractivity contribution in [2.75, 3.05) is 6.54 Å². The van der Waals surface area contributed by atoms with Crippen LogP contribution in [0.15, 0.2) is 42.9 Å². The zero-order valence-corrected chi connectivity index (χ0v) is 20.7. The molecule has 1 fully saturated rings. The Hall–Kier alpha value is -3.48. The zero-order valence-electron chi connectivity index (χ0n) is 20.7. The number of benzene rings is 1. The number of rotatable bonds is 5. The van der Waals surface area contributed by atoms with Crippen LogP contribution < -0.4 is 0 Å². The summed E-state index contributed by atoms with van der Waals surface area (Å²) in [7, 11) is 0. The summed E-state index contributed by atoms with van der Waals surface area (Å²) < 4.78 is 4.29. The van der Waals surface area contributed by atoms with Crippen molar-refractivity contribution in [1.82, 2.24) is 29.4 Å². The molecule has 1 unspecified atom stereocenters. The summed E-state index contributed by atoms with van der Waals surface area (Å²) >= 11 is 0. The van der Waals surface area contributed by atoms with E-state index >= 15 is 0 Å². The van der Waals surface area contributed by atoms with Crippen molar-refractivity contribution in [3.63, 3.8) is 0 Å². The van der Waals surface area contributed by atoms with Gasteiger partial charge in [-0.1, -0.05) is 25.1 Å². The molecule has 1 aliphatic carbocycles. The Morgan fingerprint density at radius 3 is 2.83 bits per heavy atom. The summed E-state index contributed by atoms with van der Waals surface area (Å²) in [5, 5.41) is 11.9. The summed E-state index contributed by atoms with van der Waals surface area (Å²) in [6.45, 7) is 7.40. The van der Waals surface area contributed by atoms with Crippen LogP contribution in [0.1, 0.15) is 69.8 Å². The van der Waals surface area contributed by atoms with Gasteiger partial charge < -0.3 is 4.90 Å². The van der Waals surface area contributed by atoms with Crippen LogP contribution in [0.5, 0.6) is 0 Å². The lowest BCUT2D eigenvalue weighted by Gasteiger charge is -2.31. The molecule has 0 N–H and O–H groups in total. The Morgan fingerprint density at radius 2 is 2.09 bits per heavy atom. The maximum absolute atomic E-state index is 12.2. The molecular weight excluding hydrogens is 436 g/mol. The van der Waals surface area contributed by atoms with E-state index in [0.29, 0.717) is 18.6 Å². The van der Waals surface area contributed by atoms with E-state index in [1.807, 2.05) is 22.0 Å². The van der Waals surface area contributed by atoms with Crippen molar-refractivity contribution in [2.24, 2.45) is 0 Å². The van der Waals surface area contributed by atoms with Crippen LogP contribution in [0.3, 0.4) is 0 Å². The maximum Gasteiger partial charge on any atom is 0.219 e. The molecule has 7 heteroatoms.